The summed E-state index contributed by atoms with van der Waals surface area (Å²) in [6.07, 6.45) is -2.10. The average molecular weight is 419 g/mol. The lowest BCUT2D eigenvalue weighted by Crippen LogP contribution is -2.32. The van der Waals surface area contributed by atoms with Gasteiger partial charge in [-0.25, -0.2) is 9.97 Å². The van der Waals surface area contributed by atoms with Crippen LogP contribution >= 0.6 is 0 Å². The van der Waals surface area contributed by atoms with Crippen molar-refractivity contribution in [2.24, 2.45) is 0 Å². The summed E-state index contributed by atoms with van der Waals surface area (Å²) in [6, 6.07) is 2.36. The van der Waals surface area contributed by atoms with Crippen LogP contribution < -0.4 is 9.47 Å². The van der Waals surface area contributed by atoms with Gasteiger partial charge in [0.05, 0.1) is 24.1 Å². The fraction of sp³-hybridized carbons (Fsp3) is 0.190. The SMILES string of the molecule is [2H]c1c([2H])c(-c2ccc3c(c2)C(=O)N(Cc2ncccn2)CCO3)c([2H])c([2H])c1OC(F)(F)F. The standard InChI is InChI=1S/C21H16F3N3O3/c22-21(23,24)30-16-5-2-14(3-6-16)15-4-7-18-17(12-15)20(28)27(10-11-29-18)13-19-25-8-1-9-26-19/h1-9,12H,10-11,13H2/i2D,3D,5D,6D. The van der Waals surface area contributed by atoms with Crippen LogP contribution in [0.1, 0.15) is 21.7 Å². The molecule has 0 atom stereocenters. The molecule has 154 valence electrons. The first-order chi connectivity index (χ1) is 16.1. The van der Waals surface area contributed by atoms with E-state index in [4.69, 9.17) is 10.2 Å². The molecule has 4 rings (SSSR count). The highest BCUT2D eigenvalue weighted by atomic mass is 19.4. The molecule has 6 nitrogen and oxygen atoms in total. The molecule has 1 aliphatic rings. The summed E-state index contributed by atoms with van der Waals surface area (Å²) in [5, 5.41) is 0. The number of benzene rings is 2. The summed E-state index contributed by atoms with van der Waals surface area (Å²) in [7, 11) is 0. The highest BCUT2D eigenvalue weighted by Crippen LogP contribution is 2.31. The van der Waals surface area contributed by atoms with Crippen LogP contribution in [0.5, 0.6) is 11.5 Å². The predicted molar refractivity (Wildman–Crippen MR) is 101 cm³/mol. The minimum absolute atomic E-state index is 0.0958. The molecule has 0 bridgehead atoms. The average Bonchev–Trinajstić information content (AvgIpc) is 2.94. The van der Waals surface area contributed by atoms with Gasteiger partial charge in [0.15, 0.2) is 0 Å². The van der Waals surface area contributed by atoms with E-state index in [1.165, 1.54) is 23.1 Å². The van der Waals surface area contributed by atoms with Crippen LogP contribution in [-0.2, 0) is 6.54 Å². The van der Waals surface area contributed by atoms with Crippen LogP contribution in [0.25, 0.3) is 11.1 Å². The van der Waals surface area contributed by atoms with Gasteiger partial charge in [0.25, 0.3) is 5.91 Å². The van der Waals surface area contributed by atoms with Crippen LogP contribution in [0.3, 0.4) is 0 Å². The topological polar surface area (TPSA) is 64.6 Å². The lowest BCUT2D eigenvalue weighted by Gasteiger charge is -2.19. The monoisotopic (exact) mass is 419 g/mol. The molecule has 1 aromatic heterocycles. The quantitative estimate of drug-likeness (QED) is 0.638. The third-order valence-corrected chi connectivity index (χ3v) is 4.18. The molecule has 0 N–H and O–H groups in total. The van der Waals surface area contributed by atoms with Gasteiger partial charge in [-0.1, -0.05) is 18.2 Å². The molecular weight excluding hydrogens is 399 g/mol. The van der Waals surface area contributed by atoms with E-state index >= 15 is 0 Å². The highest BCUT2D eigenvalue weighted by Gasteiger charge is 2.31. The van der Waals surface area contributed by atoms with Crippen molar-refractivity contribution in [2.45, 2.75) is 12.9 Å². The normalized spacial score (nSPS) is 15.8. The Balaban J connectivity index is 1.76. The predicted octanol–water partition coefficient (Wildman–Crippen LogP) is 4.08. The number of aromatic nitrogens is 2. The van der Waals surface area contributed by atoms with Crippen LogP contribution in [0.15, 0.2) is 60.8 Å². The maximum absolute atomic E-state index is 13.2. The van der Waals surface area contributed by atoms with Crippen molar-refractivity contribution in [3.05, 3.63) is 72.2 Å². The molecule has 0 saturated heterocycles. The smallest absolute Gasteiger partial charge is 0.491 e. The van der Waals surface area contributed by atoms with E-state index in [9.17, 15) is 18.0 Å². The highest BCUT2D eigenvalue weighted by molar-refractivity contribution is 5.98. The van der Waals surface area contributed by atoms with Gasteiger partial charge in [0.1, 0.15) is 23.9 Å². The minimum atomic E-state index is -5.19. The first-order valence-corrected chi connectivity index (χ1v) is 8.75. The number of ether oxygens (including phenoxy) is 2. The van der Waals surface area contributed by atoms with E-state index in [2.05, 4.69) is 14.7 Å². The molecule has 0 radical (unpaired) electrons. The summed E-state index contributed by atoms with van der Waals surface area (Å²) in [5.74, 6) is -1.00. The molecule has 0 aliphatic carbocycles. The summed E-state index contributed by atoms with van der Waals surface area (Å²) in [4.78, 5) is 22.9. The molecule has 0 fully saturated rings. The van der Waals surface area contributed by atoms with E-state index < -0.39 is 42.2 Å². The maximum atomic E-state index is 13.2. The molecule has 30 heavy (non-hydrogen) atoms. The number of alkyl halides is 3. The van der Waals surface area contributed by atoms with E-state index in [-0.39, 0.29) is 42.1 Å². The Hall–Kier alpha value is -3.62. The second-order valence-electron chi connectivity index (χ2n) is 6.20. The largest absolute Gasteiger partial charge is 0.573 e. The molecule has 0 spiro atoms. The maximum Gasteiger partial charge on any atom is 0.573 e. The van der Waals surface area contributed by atoms with E-state index in [0.29, 0.717) is 5.82 Å². The van der Waals surface area contributed by atoms with Crippen LogP contribution in [0.4, 0.5) is 13.2 Å². The summed E-state index contributed by atoms with van der Waals surface area (Å²) in [6.45, 7) is 0.540. The number of rotatable bonds is 4. The van der Waals surface area contributed by atoms with Gasteiger partial charge in [-0.3, -0.25) is 4.79 Å². The van der Waals surface area contributed by atoms with Gasteiger partial charge in [-0.15, -0.1) is 13.2 Å². The van der Waals surface area contributed by atoms with Gasteiger partial charge in [-0.05, 0) is 41.4 Å². The van der Waals surface area contributed by atoms with Crippen LogP contribution in [0.2, 0.25) is 0 Å². The number of nitrogens with zero attached hydrogens (tertiary/aromatic N) is 3. The molecule has 2 heterocycles. The van der Waals surface area contributed by atoms with E-state index in [0.717, 1.165) is 0 Å². The van der Waals surface area contributed by atoms with Gasteiger partial charge in [0, 0.05) is 12.4 Å². The lowest BCUT2D eigenvalue weighted by molar-refractivity contribution is -0.274. The van der Waals surface area contributed by atoms with Crippen molar-refractivity contribution in [1.82, 2.24) is 14.9 Å². The third kappa shape index (κ3) is 4.51. The Morgan fingerprint density at radius 2 is 1.87 bits per heavy atom. The zero-order chi connectivity index (χ0) is 24.6. The molecule has 9 heteroatoms. The second kappa shape index (κ2) is 8.02. The number of hydrogen-bond acceptors (Lipinski definition) is 5. The van der Waals surface area contributed by atoms with Gasteiger partial charge >= 0.3 is 6.36 Å². The van der Waals surface area contributed by atoms with Crippen molar-refractivity contribution < 1.29 is 32.9 Å². The summed E-state index contributed by atoms with van der Waals surface area (Å²) in [5.41, 5.74) is -0.0789. The number of carbonyl (C=O) groups is 1. The van der Waals surface area contributed by atoms with Crippen molar-refractivity contribution >= 4 is 5.91 Å². The Kier molecular flexibility index (Phi) is 4.08. The minimum Gasteiger partial charge on any atom is -0.491 e. The number of fused-ring (bicyclic) bond motifs is 1. The number of halogens is 3. The molecule has 2 aromatic carbocycles. The zero-order valence-electron chi connectivity index (χ0n) is 19.3. The first-order valence-electron chi connectivity index (χ1n) is 10.8. The van der Waals surface area contributed by atoms with Gasteiger partial charge in [-0.2, -0.15) is 0 Å². The Morgan fingerprint density at radius 1 is 1.13 bits per heavy atom. The van der Waals surface area contributed by atoms with Crippen molar-refractivity contribution in [3.8, 4) is 22.6 Å². The Morgan fingerprint density at radius 3 is 2.57 bits per heavy atom. The molecule has 0 unspecified atom stereocenters. The van der Waals surface area contributed by atoms with Crippen LogP contribution in [0, 0.1) is 0 Å². The van der Waals surface area contributed by atoms with Crippen LogP contribution in [-0.4, -0.2) is 40.3 Å². The van der Waals surface area contributed by atoms with Crippen molar-refractivity contribution in [2.75, 3.05) is 13.2 Å². The fourth-order valence-corrected chi connectivity index (χ4v) is 2.86. The zero-order valence-corrected chi connectivity index (χ0v) is 15.3. The molecule has 1 amide bonds. The van der Waals surface area contributed by atoms with E-state index in [1.807, 2.05) is 0 Å². The fourth-order valence-electron chi connectivity index (χ4n) is 2.86. The second-order valence-corrected chi connectivity index (χ2v) is 6.20. The molecule has 1 aliphatic heterocycles. The van der Waals surface area contributed by atoms with Crippen molar-refractivity contribution in [3.63, 3.8) is 0 Å². The number of hydrogen-bond donors (Lipinski definition) is 0. The van der Waals surface area contributed by atoms with Crippen molar-refractivity contribution in [1.29, 1.82) is 0 Å². The number of carbonyl (C=O) groups excluding carboxylic acids is 1. The number of amides is 1. The Labute approximate surface area is 175 Å². The Bertz CT molecular complexity index is 1230. The lowest BCUT2D eigenvalue weighted by atomic mass is 10.0. The van der Waals surface area contributed by atoms with Gasteiger partial charge in [0.2, 0.25) is 0 Å². The summed E-state index contributed by atoms with van der Waals surface area (Å²) >= 11 is 0. The van der Waals surface area contributed by atoms with E-state index in [1.54, 1.807) is 18.5 Å². The molecule has 3 aromatic rings. The molecular formula is C21H16F3N3O3. The van der Waals surface area contributed by atoms with Gasteiger partial charge < -0.3 is 14.4 Å². The first kappa shape index (κ1) is 15.3. The molecule has 0 saturated carbocycles. The third-order valence-electron chi connectivity index (χ3n) is 4.18. The summed E-state index contributed by atoms with van der Waals surface area (Å²) < 4.78 is 79.5.